The van der Waals surface area contributed by atoms with E-state index in [0.29, 0.717) is 11.3 Å². The predicted molar refractivity (Wildman–Crippen MR) is 240 cm³/mol. The standard InChI is InChI=1S/C39H55N13O11S2/c1-19(2)7-25(35(58)45-13-31(54)44-14-32(55)49-28(10-30(41)53)38(61)52-29(17-65)39(62)63)48-33(56)15-46-36(59)27(9-21-12-42-18-47-21)51-37(60)26(50-34(57)23(40)16-64)8-20-11-43-24-6-4-3-5-22(20)24/h3-6,11-12,18-19,23,25-29,43,64-65H,7-10,13-17,40H2,1-2H3,(H2,41,53)(H,42,47)(H,44,54)(H,45,58)(H,46,59)(H,48,56)(H,49,55)(H,50,57)(H,51,60)(H,52,61)(H,62,63)/t23-,25-,26-,27-,28-,29-/m0/s1. The van der Waals surface area contributed by atoms with Gasteiger partial charge in [-0.05, 0) is 24.0 Å². The quantitative estimate of drug-likeness (QED) is 0.0322. The molecule has 3 rings (SSSR count). The molecule has 26 heteroatoms. The molecule has 3 aromatic rings. The third-order valence-electron chi connectivity index (χ3n) is 9.38. The van der Waals surface area contributed by atoms with Crippen molar-refractivity contribution in [2.24, 2.45) is 17.4 Å². The summed E-state index contributed by atoms with van der Waals surface area (Å²) >= 11 is 7.92. The van der Waals surface area contributed by atoms with Crippen LogP contribution >= 0.6 is 25.3 Å². The Bertz CT molecular complexity index is 2170. The maximum atomic E-state index is 13.9. The van der Waals surface area contributed by atoms with Gasteiger partial charge in [-0.1, -0.05) is 32.0 Å². The first-order valence-electron chi connectivity index (χ1n) is 20.1. The monoisotopic (exact) mass is 945 g/mol. The van der Waals surface area contributed by atoms with Gasteiger partial charge in [0.2, 0.25) is 53.2 Å². The zero-order valence-corrected chi connectivity index (χ0v) is 37.3. The highest BCUT2D eigenvalue weighted by atomic mass is 32.1. The van der Waals surface area contributed by atoms with Crippen molar-refractivity contribution in [1.29, 1.82) is 0 Å². The summed E-state index contributed by atoms with van der Waals surface area (Å²) < 4.78 is 0. The summed E-state index contributed by atoms with van der Waals surface area (Å²) in [4.78, 5) is 137. The molecule has 0 unspecified atom stereocenters. The van der Waals surface area contributed by atoms with E-state index in [-0.39, 0.29) is 36.7 Å². The molecule has 0 aliphatic carbocycles. The Hall–Kier alpha value is -6.67. The number of carboxylic acids is 1. The molecule has 1 aromatic carbocycles. The van der Waals surface area contributed by atoms with Crippen LogP contribution in [0.4, 0.5) is 0 Å². The van der Waals surface area contributed by atoms with Crippen LogP contribution < -0.4 is 54.0 Å². The molecule has 0 aliphatic heterocycles. The number of hydrogen-bond acceptors (Lipinski definition) is 14. The number of para-hydroxylation sites is 1. The number of hydrogen-bond donors (Lipinski definition) is 15. The fourth-order valence-corrected chi connectivity index (χ4v) is 6.49. The number of rotatable bonds is 27. The summed E-state index contributed by atoms with van der Waals surface area (Å²) in [7, 11) is 0. The number of aromatic nitrogens is 3. The molecule has 0 saturated heterocycles. The van der Waals surface area contributed by atoms with Crippen molar-refractivity contribution in [3.63, 3.8) is 0 Å². The third kappa shape index (κ3) is 17.8. The lowest BCUT2D eigenvalue weighted by Crippen LogP contribution is -2.58. The molecular weight excluding hydrogens is 891 g/mol. The number of primary amides is 1. The number of nitrogens with one attached hydrogen (secondary N) is 10. The number of carbonyl (C=O) groups excluding carboxylic acids is 9. The summed E-state index contributed by atoms with van der Waals surface area (Å²) in [5, 5.41) is 29.1. The topological polar surface area (TPSA) is 384 Å². The minimum Gasteiger partial charge on any atom is -0.480 e. The number of benzene rings is 1. The molecule has 0 fully saturated rings. The first-order valence-corrected chi connectivity index (χ1v) is 21.4. The van der Waals surface area contributed by atoms with E-state index in [1.54, 1.807) is 20.0 Å². The average Bonchev–Trinajstić information content (AvgIpc) is 3.94. The number of aliphatic carboxylic acids is 1. The smallest absolute Gasteiger partial charge is 0.327 e. The van der Waals surface area contributed by atoms with Crippen LogP contribution in [0.5, 0.6) is 0 Å². The second-order valence-electron chi connectivity index (χ2n) is 15.1. The van der Waals surface area contributed by atoms with Gasteiger partial charge in [0, 0.05) is 53.3 Å². The second-order valence-corrected chi connectivity index (χ2v) is 15.8. The van der Waals surface area contributed by atoms with E-state index in [2.05, 4.69) is 82.7 Å². The molecule has 0 saturated carbocycles. The summed E-state index contributed by atoms with van der Waals surface area (Å²) in [6.45, 7) is 1.53. The summed E-state index contributed by atoms with van der Waals surface area (Å²) in [5.41, 5.74) is 13.0. The highest BCUT2D eigenvalue weighted by Crippen LogP contribution is 2.19. The van der Waals surface area contributed by atoms with Crippen LogP contribution in [0.1, 0.15) is 37.9 Å². The van der Waals surface area contributed by atoms with Crippen LogP contribution in [0, 0.1) is 5.92 Å². The van der Waals surface area contributed by atoms with E-state index in [4.69, 9.17) is 16.6 Å². The van der Waals surface area contributed by atoms with Gasteiger partial charge in [-0.3, -0.25) is 43.2 Å². The normalized spacial score (nSPS) is 13.8. The number of amides is 9. The summed E-state index contributed by atoms with van der Waals surface area (Å²) in [5.74, 6) is -9.41. The first kappa shape index (κ1) is 52.7. The zero-order valence-electron chi connectivity index (χ0n) is 35.5. The van der Waals surface area contributed by atoms with Crippen LogP contribution in [0.2, 0.25) is 0 Å². The van der Waals surface area contributed by atoms with Gasteiger partial charge in [0.05, 0.1) is 38.4 Å². The second kappa shape index (κ2) is 26.2. The summed E-state index contributed by atoms with van der Waals surface area (Å²) in [6, 6.07) is -0.350. The van der Waals surface area contributed by atoms with Crippen molar-refractivity contribution in [3.05, 3.63) is 54.2 Å². The molecule has 354 valence electrons. The predicted octanol–water partition coefficient (Wildman–Crippen LogP) is -4.36. The van der Waals surface area contributed by atoms with E-state index in [0.717, 1.165) is 10.9 Å². The maximum Gasteiger partial charge on any atom is 0.327 e. The van der Waals surface area contributed by atoms with Crippen LogP contribution in [0.3, 0.4) is 0 Å². The Morgan fingerprint density at radius 2 is 1.25 bits per heavy atom. The molecule has 0 radical (unpaired) electrons. The Morgan fingerprint density at radius 1 is 0.677 bits per heavy atom. The zero-order chi connectivity index (χ0) is 48.2. The summed E-state index contributed by atoms with van der Waals surface area (Å²) in [6.07, 6.45) is 3.86. The minimum absolute atomic E-state index is 0.000429. The highest BCUT2D eigenvalue weighted by Gasteiger charge is 2.31. The van der Waals surface area contributed by atoms with E-state index in [9.17, 15) is 47.9 Å². The van der Waals surface area contributed by atoms with Gasteiger partial charge in [0.1, 0.15) is 30.2 Å². The van der Waals surface area contributed by atoms with Crippen molar-refractivity contribution in [2.75, 3.05) is 31.1 Å². The van der Waals surface area contributed by atoms with Crippen molar-refractivity contribution >= 4 is 95.3 Å². The fraction of sp³-hybridized carbons (Fsp3) is 0.462. The van der Waals surface area contributed by atoms with E-state index >= 15 is 0 Å². The molecule has 65 heavy (non-hydrogen) atoms. The number of nitrogens with two attached hydrogens (primary N) is 2. The minimum atomic E-state index is -1.57. The SMILES string of the molecule is CC(C)C[C@H](NC(=O)CNC(=O)[C@H](Cc1cnc[nH]1)NC(=O)[C@H](Cc1c[nH]c2ccccc12)NC(=O)[C@@H](N)CS)C(=O)NCC(=O)NCC(=O)N[C@@H](CC(N)=O)C(=O)N[C@@H](CS)C(=O)O. The molecule has 15 N–H and O–H groups in total. The third-order valence-corrected chi connectivity index (χ3v) is 10.1. The molecule has 6 atom stereocenters. The van der Waals surface area contributed by atoms with E-state index in [1.807, 2.05) is 24.3 Å². The van der Waals surface area contributed by atoms with Gasteiger partial charge in [0.25, 0.3) is 0 Å². The largest absolute Gasteiger partial charge is 0.480 e. The molecular formula is C39H55N13O11S2. The molecule has 2 aromatic heterocycles. The van der Waals surface area contributed by atoms with E-state index < -0.39 is 121 Å². The number of carboxylic acid groups (broad SMARTS) is 1. The first-order chi connectivity index (χ1) is 30.8. The fourth-order valence-electron chi connectivity index (χ4n) is 6.07. The van der Waals surface area contributed by atoms with Crippen molar-refractivity contribution in [1.82, 2.24) is 57.5 Å². The molecule has 24 nitrogen and oxygen atoms in total. The highest BCUT2D eigenvalue weighted by molar-refractivity contribution is 7.80. The number of nitrogens with zero attached hydrogens (tertiary/aromatic N) is 1. The van der Waals surface area contributed by atoms with Crippen LogP contribution in [-0.2, 0) is 60.8 Å². The lowest BCUT2D eigenvalue weighted by molar-refractivity contribution is -0.141. The molecule has 0 bridgehead atoms. The van der Waals surface area contributed by atoms with Crippen LogP contribution in [-0.4, -0.2) is 147 Å². The van der Waals surface area contributed by atoms with Crippen LogP contribution in [0.25, 0.3) is 10.9 Å². The van der Waals surface area contributed by atoms with Gasteiger partial charge in [0.15, 0.2) is 0 Å². The van der Waals surface area contributed by atoms with Gasteiger partial charge in [-0.2, -0.15) is 25.3 Å². The number of H-pyrrole nitrogens is 2. The lowest BCUT2D eigenvalue weighted by Gasteiger charge is -2.24. The number of fused-ring (bicyclic) bond motifs is 1. The number of aromatic amines is 2. The Balaban J connectivity index is 1.61. The number of imidazole rings is 1. The number of carbonyl (C=O) groups is 10. The van der Waals surface area contributed by atoms with E-state index in [1.165, 1.54) is 12.5 Å². The van der Waals surface area contributed by atoms with Gasteiger partial charge in [-0.15, -0.1) is 0 Å². The molecule has 0 spiro atoms. The van der Waals surface area contributed by atoms with Gasteiger partial charge in [-0.25, -0.2) is 9.78 Å². The Labute approximate surface area is 383 Å². The van der Waals surface area contributed by atoms with Crippen molar-refractivity contribution < 1.29 is 53.1 Å². The van der Waals surface area contributed by atoms with Gasteiger partial charge < -0.3 is 69.1 Å². The van der Waals surface area contributed by atoms with Gasteiger partial charge >= 0.3 is 5.97 Å². The lowest BCUT2D eigenvalue weighted by atomic mass is 10.0. The number of thiol groups is 2. The van der Waals surface area contributed by atoms with Crippen molar-refractivity contribution in [2.45, 2.75) is 75.8 Å². The Kier molecular flexibility index (Phi) is 21.2. The molecule has 0 aliphatic rings. The van der Waals surface area contributed by atoms with Crippen molar-refractivity contribution in [3.8, 4) is 0 Å². The molecule has 2 heterocycles. The molecule has 9 amide bonds. The average molecular weight is 946 g/mol. The maximum absolute atomic E-state index is 13.9. The Morgan fingerprint density at radius 3 is 1.85 bits per heavy atom. The van der Waals surface area contributed by atoms with Crippen LogP contribution in [0.15, 0.2) is 43.0 Å².